The van der Waals surface area contributed by atoms with E-state index in [0.717, 1.165) is 0 Å². The van der Waals surface area contributed by atoms with Crippen LogP contribution in [-0.2, 0) is 23.8 Å². The van der Waals surface area contributed by atoms with Gasteiger partial charge in [0.2, 0.25) is 11.6 Å². The predicted molar refractivity (Wildman–Crippen MR) is 96.7 cm³/mol. The number of allylic oxidation sites excluding steroid dienone is 2. The zero-order chi connectivity index (χ0) is 20.4. The van der Waals surface area contributed by atoms with Crippen LogP contribution in [0.5, 0.6) is 0 Å². The summed E-state index contributed by atoms with van der Waals surface area (Å²) in [6.45, 7) is 4.35. The van der Waals surface area contributed by atoms with Crippen molar-refractivity contribution in [2.24, 2.45) is 17.6 Å². The largest absolute Gasteiger partial charge is 0.492 e. The van der Waals surface area contributed by atoms with Crippen LogP contribution in [0.4, 0.5) is 4.79 Å². The third kappa shape index (κ3) is 2.35. The van der Waals surface area contributed by atoms with Crippen molar-refractivity contribution in [3.63, 3.8) is 0 Å². The molecule has 0 aromatic heterocycles. The molecule has 0 spiro atoms. The van der Waals surface area contributed by atoms with E-state index in [1.165, 1.54) is 7.11 Å². The Morgan fingerprint density at radius 2 is 2.04 bits per heavy atom. The van der Waals surface area contributed by atoms with Crippen LogP contribution in [0, 0.1) is 11.8 Å². The van der Waals surface area contributed by atoms with Crippen molar-refractivity contribution in [3.05, 3.63) is 22.6 Å². The van der Waals surface area contributed by atoms with Crippen molar-refractivity contribution in [3.8, 4) is 0 Å². The van der Waals surface area contributed by atoms with Crippen LogP contribution in [0.1, 0.15) is 20.3 Å². The lowest BCUT2D eigenvalue weighted by molar-refractivity contribution is -0.137. The van der Waals surface area contributed by atoms with Gasteiger partial charge in [-0.25, -0.2) is 4.79 Å². The number of nitrogens with zero attached hydrogens (tertiary/aromatic N) is 1. The van der Waals surface area contributed by atoms with E-state index in [0.29, 0.717) is 24.2 Å². The van der Waals surface area contributed by atoms with Gasteiger partial charge in [0.05, 0.1) is 24.8 Å². The van der Waals surface area contributed by atoms with E-state index in [1.54, 1.807) is 7.11 Å². The standard InChI is InChI=1S/C19H25N3O6/c1-8(2)5-9-14(23)13-12(15(24)16(9)26-3)10(7-28-18(20)25)19(27-4)17-11(21-17)6-22(13)19/h8,10-11,17,21H,5-7H2,1-4H3,(H2,20,25)/t10-,11+,17+,19-/m1/s1. The molecule has 4 aliphatic rings. The van der Waals surface area contributed by atoms with Crippen LogP contribution in [0.15, 0.2) is 22.6 Å². The topological polar surface area (TPSA) is 130 Å². The molecule has 2 saturated heterocycles. The second-order valence-electron chi connectivity index (χ2n) is 8.03. The lowest BCUT2D eigenvalue weighted by Gasteiger charge is -2.39. The number of fused-ring (bicyclic) bond motifs is 4. The van der Waals surface area contributed by atoms with E-state index < -0.39 is 17.7 Å². The molecule has 0 aromatic rings. The Labute approximate surface area is 162 Å². The predicted octanol–water partition coefficient (Wildman–Crippen LogP) is 0.0627. The fourth-order valence-corrected chi connectivity index (χ4v) is 5.01. The Morgan fingerprint density at radius 1 is 1.32 bits per heavy atom. The van der Waals surface area contributed by atoms with Crippen LogP contribution in [0.25, 0.3) is 0 Å². The maximum absolute atomic E-state index is 13.5. The number of carbonyl (C=O) groups excluding carboxylic acids is 3. The Kier molecular flexibility index (Phi) is 4.27. The minimum atomic E-state index is -0.970. The van der Waals surface area contributed by atoms with Gasteiger partial charge in [0, 0.05) is 30.8 Å². The summed E-state index contributed by atoms with van der Waals surface area (Å²) in [6, 6.07) is 0.0963. The highest BCUT2D eigenvalue weighted by Crippen LogP contribution is 2.56. The molecule has 3 N–H and O–H groups in total. The number of amides is 1. The summed E-state index contributed by atoms with van der Waals surface area (Å²) >= 11 is 0. The maximum atomic E-state index is 13.5. The summed E-state index contributed by atoms with van der Waals surface area (Å²) < 4.78 is 16.4. The van der Waals surface area contributed by atoms with Crippen LogP contribution < -0.4 is 11.1 Å². The molecule has 9 heteroatoms. The second kappa shape index (κ2) is 6.31. The number of ketones is 2. The van der Waals surface area contributed by atoms with Crippen molar-refractivity contribution in [2.45, 2.75) is 38.1 Å². The molecular formula is C19H25N3O6. The number of nitrogens with two attached hydrogens (primary N) is 1. The monoisotopic (exact) mass is 391 g/mol. The summed E-state index contributed by atoms with van der Waals surface area (Å²) in [5.74, 6) is -0.977. The van der Waals surface area contributed by atoms with Gasteiger partial charge in [-0.3, -0.25) is 9.59 Å². The quantitative estimate of drug-likeness (QED) is 0.480. The molecule has 0 unspecified atom stereocenters. The van der Waals surface area contributed by atoms with Gasteiger partial charge in [-0.2, -0.15) is 0 Å². The molecule has 152 valence electrons. The number of primary amides is 1. The minimum Gasteiger partial charge on any atom is -0.492 e. The Balaban J connectivity index is 1.82. The van der Waals surface area contributed by atoms with Crippen LogP contribution >= 0.6 is 0 Å². The third-order valence-corrected chi connectivity index (χ3v) is 6.06. The summed E-state index contributed by atoms with van der Waals surface area (Å²) in [5, 5.41) is 3.32. The molecule has 9 nitrogen and oxygen atoms in total. The van der Waals surface area contributed by atoms with Gasteiger partial charge in [-0.05, 0) is 12.3 Å². The number of rotatable bonds is 6. The molecule has 3 heterocycles. The molecule has 28 heavy (non-hydrogen) atoms. The Hall–Kier alpha value is -2.39. The summed E-state index contributed by atoms with van der Waals surface area (Å²) in [6.07, 6.45) is -0.505. The summed E-state index contributed by atoms with van der Waals surface area (Å²) in [7, 11) is 2.93. The molecular weight excluding hydrogens is 366 g/mol. The first-order valence-corrected chi connectivity index (χ1v) is 9.39. The van der Waals surface area contributed by atoms with E-state index >= 15 is 0 Å². The number of methoxy groups -OCH3 is 2. The number of nitrogens with one attached hydrogen (secondary N) is 1. The highest BCUT2D eigenvalue weighted by atomic mass is 16.6. The van der Waals surface area contributed by atoms with Gasteiger partial charge in [0.25, 0.3) is 0 Å². The Bertz CT molecular complexity index is 832. The number of carbonyl (C=O) groups is 3. The highest BCUT2D eigenvalue weighted by Gasteiger charge is 2.72. The molecule has 1 amide bonds. The molecule has 4 rings (SSSR count). The molecule has 4 atom stereocenters. The maximum Gasteiger partial charge on any atom is 0.404 e. The lowest BCUT2D eigenvalue weighted by Crippen LogP contribution is -2.55. The minimum absolute atomic E-state index is 0.0641. The normalized spacial score (nSPS) is 33.3. The van der Waals surface area contributed by atoms with Crippen molar-refractivity contribution in [1.29, 1.82) is 0 Å². The zero-order valence-corrected chi connectivity index (χ0v) is 16.4. The number of piperazine rings is 1. The number of Topliss-reactive ketones (excluding diaryl/α,β-unsaturated/α-hetero) is 2. The van der Waals surface area contributed by atoms with E-state index in [2.05, 4.69) is 5.32 Å². The van der Waals surface area contributed by atoms with Crippen molar-refractivity contribution < 1.29 is 28.6 Å². The van der Waals surface area contributed by atoms with Crippen LogP contribution in [0.2, 0.25) is 0 Å². The first-order valence-electron chi connectivity index (χ1n) is 9.39. The molecule has 0 radical (unpaired) electrons. The zero-order valence-electron chi connectivity index (χ0n) is 16.4. The first-order chi connectivity index (χ1) is 13.3. The fraction of sp³-hybridized carbons (Fsp3) is 0.632. The van der Waals surface area contributed by atoms with Crippen molar-refractivity contribution >= 4 is 17.7 Å². The number of hydrogen-bond acceptors (Lipinski definition) is 8. The third-order valence-electron chi connectivity index (χ3n) is 6.06. The van der Waals surface area contributed by atoms with Gasteiger partial charge < -0.3 is 30.2 Å². The van der Waals surface area contributed by atoms with E-state index in [4.69, 9.17) is 19.9 Å². The van der Waals surface area contributed by atoms with Crippen LogP contribution in [0.3, 0.4) is 0 Å². The van der Waals surface area contributed by atoms with Gasteiger partial charge in [0.1, 0.15) is 6.61 Å². The smallest absolute Gasteiger partial charge is 0.404 e. The van der Waals surface area contributed by atoms with Crippen molar-refractivity contribution in [1.82, 2.24) is 10.2 Å². The molecule has 3 aliphatic heterocycles. The molecule has 0 saturated carbocycles. The van der Waals surface area contributed by atoms with Crippen LogP contribution in [-0.4, -0.2) is 67.7 Å². The van der Waals surface area contributed by atoms with Gasteiger partial charge >= 0.3 is 6.09 Å². The highest BCUT2D eigenvalue weighted by molar-refractivity contribution is 6.25. The average Bonchev–Trinajstić information content (AvgIpc) is 3.24. The first kappa shape index (κ1) is 18.9. The van der Waals surface area contributed by atoms with Gasteiger partial charge in [-0.1, -0.05) is 13.8 Å². The second-order valence-corrected chi connectivity index (χ2v) is 8.03. The Morgan fingerprint density at radius 3 is 2.61 bits per heavy atom. The van der Waals surface area contributed by atoms with E-state index in [9.17, 15) is 14.4 Å². The molecule has 2 fully saturated rings. The number of hydrogen-bond donors (Lipinski definition) is 2. The average molecular weight is 391 g/mol. The van der Waals surface area contributed by atoms with Gasteiger partial charge in [0.15, 0.2) is 11.5 Å². The fourth-order valence-electron chi connectivity index (χ4n) is 5.01. The summed E-state index contributed by atoms with van der Waals surface area (Å²) in [4.78, 5) is 40.0. The summed E-state index contributed by atoms with van der Waals surface area (Å²) in [5.41, 5.74) is 5.20. The molecule has 1 aliphatic carbocycles. The van der Waals surface area contributed by atoms with E-state index in [1.807, 2.05) is 18.7 Å². The molecule has 0 aromatic carbocycles. The lowest BCUT2D eigenvalue weighted by atomic mass is 9.81. The van der Waals surface area contributed by atoms with Crippen molar-refractivity contribution in [2.75, 3.05) is 27.4 Å². The van der Waals surface area contributed by atoms with Gasteiger partial charge in [-0.15, -0.1) is 0 Å². The SMILES string of the molecule is COC1=C(CC(C)C)C(=O)C2=C(C1=O)[C@@H](COC(N)=O)[C@@]1(OC)[C@H]3N[C@H]3CN21. The van der Waals surface area contributed by atoms with E-state index in [-0.39, 0.29) is 47.5 Å². The number of ether oxygens (including phenoxy) is 3. The molecule has 0 bridgehead atoms.